The second kappa shape index (κ2) is 7.68. The molecule has 6 heteroatoms. The van der Waals surface area contributed by atoms with Crippen molar-refractivity contribution in [3.05, 3.63) is 38.0 Å². The number of nitrogens with one attached hydrogen (secondary N) is 1. The van der Waals surface area contributed by atoms with E-state index in [-0.39, 0.29) is 11.9 Å². The molecule has 2 aromatic rings. The molecule has 0 aliphatic rings. The first kappa shape index (κ1) is 16.1. The molecule has 1 N–H and O–H groups in total. The number of methoxy groups -OCH3 is 1. The van der Waals surface area contributed by atoms with Crippen LogP contribution in [0.4, 0.5) is 0 Å². The molecule has 0 fully saturated rings. The lowest BCUT2D eigenvalue weighted by molar-refractivity contribution is -0.122. The fraction of sp³-hybridized carbons (Fsp3) is 0.467. The fourth-order valence-electron chi connectivity index (χ4n) is 1.95. The molecule has 1 atom stereocenters. The Labute approximate surface area is 133 Å². The zero-order valence-corrected chi connectivity index (χ0v) is 14.1. The van der Waals surface area contributed by atoms with Crippen LogP contribution in [0.2, 0.25) is 0 Å². The van der Waals surface area contributed by atoms with Crippen molar-refractivity contribution < 1.29 is 9.53 Å². The number of rotatable bonds is 7. The number of amides is 1. The Morgan fingerprint density at radius 1 is 1.48 bits per heavy atom. The Bertz CT molecular complexity index is 559. The third kappa shape index (κ3) is 4.62. The van der Waals surface area contributed by atoms with Gasteiger partial charge in [0.05, 0.1) is 18.3 Å². The SMILES string of the molecule is COCCC(=O)N[C@H](Cc1ccsc1)c1nc(C)c(C)s1. The van der Waals surface area contributed by atoms with Gasteiger partial charge in [-0.2, -0.15) is 11.3 Å². The average molecular weight is 324 g/mol. The third-order valence-corrected chi connectivity index (χ3v) is 5.15. The highest BCUT2D eigenvalue weighted by atomic mass is 32.1. The van der Waals surface area contributed by atoms with E-state index in [0.29, 0.717) is 13.0 Å². The Balaban J connectivity index is 2.11. The molecule has 2 heterocycles. The molecule has 0 unspecified atom stereocenters. The first-order chi connectivity index (χ1) is 10.1. The predicted molar refractivity (Wildman–Crippen MR) is 87.0 cm³/mol. The lowest BCUT2D eigenvalue weighted by atomic mass is 10.1. The fourth-order valence-corrected chi connectivity index (χ4v) is 3.61. The van der Waals surface area contributed by atoms with Gasteiger partial charge in [-0.05, 0) is 36.2 Å². The molecule has 1 amide bonds. The van der Waals surface area contributed by atoms with Crippen molar-refractivity contribution in [1.29, 1.82) is 0 Å². The van der Waals surface area contributed by atoms with E-state index < -0.39 is 0 Å². The van der Waals surface area contributed by atoms with Crippen LogP contribution in [-0.2, 0) is 16.0 Å². The zero-order chi connectivity index (χ0) is 15.2. The summed E-state index contributed by atoms with van der Waals surface area (Å²) < 4.78 is 4.96. The maximum Gasteiger partial charge on any atom is 0.222 e. The van der Waals surface area contributed by atoms with Crippen LogP contribution in [-0.4, -0.2) is 24.6 Å². The van der Waals surface area contributed by atoms with E-state index in [1.54, 1.807) is 29.8 Å². The van der Waals surface area contributed by atoms with Gasteiger partial charge in [-0.1, -0.05) is 0 Å². The van der Waals surface area contributed by atoms with Crippen molar-refractivity contribution in [2.75, 3.05) is 13.7 Å². The maximum absolute atomic E-state index is 12.0. The summed E-state index contributed by atoms with van der Waals surface area (Å²) in [5, 5.41) is 8.22. The molecule has 0 bridgehead atoms. The number of carbonyl (C=O) groups excluding carboxylic acids is 1. The first-order valence-electron chi connectivity index (χ1n) is 6.83. The van der Waals surface area contributed by atoms with Gasteiger partial charge >= 0.3 is 0 Å². The molecule has 0 spiro atoms. The Kier molecular flexibility index (Phi) is 5.90. The van der Waals surface area contributed by atoms with E-state index in [2.05, 4.69) is 34.1 Å². The lowest BCUT2D eigenvalue weighted by Crippen LogP contribution is -2.30. The van der Waals surface area contributed by atoms with Crippen molar-refractivity contribution in [2.24, 2.45) is 0 Å². The highest BCUT2D eigenvalue weighted by Crippen LogP contribution is 2.26. The van der Waals surface area contributed by atoms with E-state index in [1.807, 2.05) is 6.92 Å². The highest BCUT2D eigenvalue weighted by molar-refractivity contribution is 7.11. The molecule has 0 saturated carbocycles. The maximum atomic E-state index is 12.0. The van der Waals surface area contributed by atoms with Gasteiger partial charge in [0.2, 0.25) is 5.91 Å². The van der Waals surface area contributed by atoms with Gasteiger partial charge in [-0.25, -0.2) is 4.98 Å². The molecular weight excluding hydrogens is 304 g/mol. The van der Waals surface area contributed by atoms with E-state index in [1.165, 1.54) is 10.4 Å². The van der Waals surface area contributed by atoms with Gasteiger partial charge in [0, 0.05) is 24.8 Å². The molecule has 0 aliphatic carbocycles. The quantitative estimate of drug-likeness (QED) is 0.850. The lowest BCUT2D eigenvalue weighted by Gasteiger charge is -2.16. The van der Waals surface area contributed by atoms with Crippen LogP contribution < -0.4 is 5.32 Å². The predicted octanol–water partition coefficient (Wildman–Crippen LogP) is 3.26. The number of carbonyl (C=O) groups is 1. The molecular formula is C15H20N2O2S2. The summed E-state index contributed by atoms with van der Waals surface area (Å²) in [6.45, 7) is 4.50. The van der Waals surface area contributed by atoms with Crippen LogP contribution in [0, 0.1) is 13.8 Å². The summed E-state index contributed by atoms with van der Waals surface area (Å²) in [6.07, 6.45) is 1.15. The van der Waals surface area contributed by atoms with Crippen molar-refractivity contribution in [2.45, 2.75) is 32.7 Å². The van der Waals surface area contributed by atoms with Crippen LogP contribution in [0.15, 0.2) is 16.8 Å². The van der Waals surface area contributed by atoms with Crippen LogP contribution in [0.5, 0.6) is 0 Å². The Hall–Kier alpha value is -1.24. The molecule has 114 valence electrons. The number of ether oxygens (including phenoxy) is 1. The van der Waals surface area contributed by atoms with Crippen LogP contribution in [0.3, 0.4) is 0 Å². The van der Waals surface area contributed by atoms with Crippen LogP contribution in [0.1, 0.15) is 33.6 Å². The van der Waals surface area contributed by atoms with Crippen molar-refractivity contribution in [1.82, 2.24) is 10.3 Å². The molecule has 0 aliphatic heterocycles. The summed E-state index contributed by atoms with van der Waals surface area (Å²) in [7, 11) is 1.60. The molecule has 2 rings (SSSR count). The second-order valence-electron chi connectivity index (χ2n) is 4.89. The smallest absolute Gasteiger partial charge is 0.222 e. The Morgan fingerprint density at radius 2 is 2.29 bits per heavy atom. The van der Waals surface area contributed by atoms with Gasteiger partial charge in [-0.3, -0.25) is 4.79 Å². The van der Waals surface area contributed by atoms with Crippen LogP contribution >= 0.6 is 22.7 Å². The molecule has 21 heavy (non-hydrogen) atoms. The molecule has 0 radical (unpaired) electrons. The number of thiophene rings is 1. The summed E-state index contributed by atoms with van der Waals surface area (Å²) in [5.74, 6) is 0.00239. The normalized spacial score (nSPS) is 12.3. The summed E-state index contributed by atoms with van der Waals surface area (Å²) >= 11 is 3.32. The summed E-state index contributed by atoms with van der Waals surface area (Å²) in [5.41, 5.74) is 2.26. The van der Waals surface area contributed by atoms with Gasteiger partial charge in [0.1, 0.15) is 5.01 Å². The van der Waals surface area contributed by atoms with Gasteiger partial charge in [0.15, 0.2) is 0 Å². The van der Waals surface area contributed by atoms with E-state index >= 15 is 0 Å². The standard InChI is InChI=1S/C15H20N2O2S2/c1-10-11(2)21-15(16-10)13(8-12-5-7-20-9-12)17-14(18)4-6-19-3/h5,7,9,13H,4,6,8H2,1-3H3,(H,17,18)/t13-/m1/s1. The van der Waals surface area contributed by atoms with Gasteiger partial charge in [-0.15, -0.1) is 11.3 Å². The van der Waals surface area contributed by atoms with E-state index in [4.69, 9.17) is 4.74 Å². The number of hydrogen-bond acceptors (Lipinski definition) is 5. The second-order valence-corrected chi connectivity index (χ2v) is 6.91. The topological polar surface area (TPSA) is 51.2 Å². The number of nitrogens with zero attached hydrogens (tertiary/aromatic N) is 1. The number of thiazole rings is 1. The van der Waals surface area contributed by atoms with Crippen molar-refractivity contribution >= 4 is 28.6 Å². The number of aromatic nitrogens is 1. The third-order valence-electron chi connectivity index (χ3n) is 3.23. The highest BCUT2D eigenvalue weighted by Gasteiger charge is 2.19. The molecule has 2 aromatic heterocycles. The number of aryl methyl sites for hydroxylation is 2. The molecule has 0 aromatic carbocycles. The largest absolute Gasteiger partial charge is 0.384 e. The monoisotopic (exact) mass is 324 g/mol. The summed E-state index contributed by atoms with van der Waals surface area (Å²) in [6, 6.07) is 2.02. The van der Waals surface area contributed by atoms with Crippen molar-refractivity contribution in [3.63, 3.8) is 0 Å². The van der Waals surface area contributed by atoms with E-state index in [0.717, 1.165) is 17.1 Å². The minimum Gasteiger partial charge on any atom is -0.384 e. The van der Waals surface area contributed by atoms with Gasteiger partial charge < -0.3 is 10.1 Å². The minimum atomic E-state index is -0.0682. The molecule has 0 saturated heterocycles. The van der Waals surface area contributed by atoms with Crippen molar-refractivity contribution in [3.8, 4) is 0 Å². The van der Waals surface area contributed by atoms with Gasteiger partial charge in [0.25, 0.3) is 0 Å². The average Bonchev–Trinajstić information content (AvgIpc) is 3.07. The van der Waals surface area contributed by atoms with Crippen LogP contribution in [0.25, 0.3) is 0 Å². The Morgan fingerprint density at radius 3 is 2.86 bits per heavy atom. The molecule has 4 nitrogen and oxygen atoms in total. The summed E-state index contributed by atoms with van der Waals surface area (Å²) in [4.78, 5) is 17.8. The number of hydrogen-bond donors (Lipinski definition) is 1. The van der Waals surface area contributed by atoms with E-state index in [9.17, 15) is 4.79 Å². The minimum absolute atomic E-state index is 0.00239. The first-order valence-corrected chi connectivity index (χ1v) is 8.59. The zero-order valence-electron chi connectivity index (χ0n) is 12.5.